The van der Waals surface area contributed by atoms with E-state index in [2.05, 4.69) is 5.32 Å². The van der Waals surface area contributed by atoms with Crippen molar-refractivity contribution in [2.75, 3.05) is 20.2 Å². The number of carboxylic acids is 1. The molecule has 0 spiro atoms. The Hall–Kier alpha value is -2.24. The number of amides is 2. The van der Waals surface area contributed by atoms with Gasteiger partial charge in [0.15, 0.2) is 0 Å². The number of hydrogen-bond donors (Lipinski definition) is 2. The van der Waals surface area contributed by atoms with E-state index in [-0.39, 0.29) is 18.6 Å². The summed E-state index contributed by atoms with van der Waals surface area (Å²) < 4.78 is 5.08. The van der Waals surface area contributed by atoms with Crippen molar-refractivity contribution in [1.29, 1.82) is 0 Å². The van der Waals surface area contributed by atoms with Gasteiger partial charge in [0.05, 0.1) is 13.2 Å². The highest BCUT2D eigenvalue weighted by Gasteiger charge is 2.18. The Balaban J connectivity index is 2.67. The molecule has 1 atom stereocenters. The predicted octanol–water partition coefficient (Wildman–Crippen LogP) is 2.26. The fourth-order valence-electron chi connectivity index (χ4n) is 1.94. The lowest BCUT2D eigenvalue weighted by Gasteiger charge is -2.23. The Labute approximate surface area is 124 Å². The summed E-state index contributed by atoms with van der Waals surface area (Å²) in [6.07, 6.45) is 0.706. The minimum atomic E-state index is -1.02. The van der Waals surface area contributed by atoms with E-state index in [0.29, 0.717) is 13.0 Å². The Morgan fingerprint density at radius 1 is 1.33 bits per heavy atom. The molecule has 0 bridgehead atoms. The molecule has 116 valence electrons. The molecule has 0 aliphatic rings. The van der Waals surface area contributed by atoms with E-state index in [1.165, 1.54) is 4.90 Å². The van der Waals surface area contributed by atoms with E-state index in [1.807, 2.05) is 38.1 Å². The zero-order chi connectivity index (χ0) is 15.8. The number of carboxylic acid groups (broad SMARTS) is 1. The number of urea groups is 1. The molecule has 6 heteroatoms. The lowest BCUT2D eigenvalue weighted by atomic mass is 10.1. The number of hydrogen-bond acceptors (Lipinski definition) is 3. The van der Waals surface area contributed by atoms with E-state index < -0.39 is 5.97 Å². The van der Waals surface area contributed by atoms with Gasteiger partial charge in [0.1, 0.15) is 12.3 Å². The van der Waals surface area contributed by atoms with Crippen molar-refractivity contribution in [3.8, 4) is 5.75 Å². The molecular weight excluding hydrogens is 272 g/mol. The molecule has 2 amide bonds. The largest absolute Gasteiger partial charge is 0.497 e. The SMILES string of the molecule is CCCN(CC(=O)O)C(=O)NC(C)c1ccc(OC)cc1. The molecule has 0 radical (unpaired) electrons. The van der Waals surface area contributed by atoms with Crippen LogP contribution in [0.3, 0.4) is 0 Å². The van der Waals surface area contributed by atoms with E-state index in [4.69, 9.17) is 9.84 Å². The molecule has 0 fully saturated rings. The van der Waals surface area contributed by atoms with Crippen LogP contribution in [0.1, 0.15) is 31.9 Å². The number of rotatable bonds is 7. The van der Waals surface area contributed by atoms with Gasteiger partial charge in [0.2, 0.25) is 0 Å². The van der Waals surface area contributed by atoms with E-state index in [0.717, 1.165) is 11.3 Å². The molecule has 21 heavy (non-hydrogen) atoms. The molecule has 0 heterocycles. The summed E-state index contributed by atoms with van der Waals surface area (Å²) in [6.45, 7) is 3.86. The van der Waals surface area contributed by atoms with E-state index >= 15 is 0 Å². The second-order valence-electron chi connectivity index (χ2n) is 4.76. The van der Waals surface area contributed by atoms with Gasteiger partial charge >= 0.3 is 12.0 Å². The van der Waals surface area contributed by atoms with Crippen molar-refractivity contribution in [1.82, 2.24) is 10.2 Å². The minimum Gasteiger partial charge on any atom is -0.497 e. The highest BCUT2D eigenvalue weighted by Crippen LogP contribution is 2.17. The van der Waals surface area contributed by atoms with E-state index in [1.54, 1.807) is 7.11 Å². The standard InChI is InChI=1S/C15H22N2O4/c1-4-9-17(10-14(18)19)15(20)16-11(2)12-5-7-13(21-3)8-6-12/h5-8,11H,4,9-10H2,1-3H3,(H,16,20)(H,18,19). The molecule has 0 aromatic heterocycles. The molecular formula is C15H22N2O4. The summed E-state index contributed by atoms with van der Waals surface area (Å²) in [5, 5.41) is 11.6. The maximum Gasteiger partial charge on any atom is 0.323 e. The molecule has 1 aromatic rings. The average Bonchev–Trinajstić information content (AvgIpc) is 2.46. The summed E-state index contributed by atoms with van der Waals surface area (Å²) in [7, 11) is 1.59. The summed E-state index contributed by atoms with van der Waals surface area (Å²) in [6, 6.07) is 6.79. The van der Waals surface area contributed by atoms with Crippen molar-refractivity contribution in [3.05, 3.63) is 29.8 Å². The first kappa shape index (κ1) is 16.8. The smallest absolute Gasteiger partial charge is 0.323 e. The summed E-state index contributed by atoms with van der Waals surface area (Å²) >= 11 is 0. The number of nitrogens with zero attached hydrogens (tertiary/aromatic N) is 1. The van der Waals surface area contributed by atoms with Crippen LogP contribution in [0.4, 0.5) is 4.79 Å². The molecule has 0 aliphatic heterocycles. The lowest BCUT2D eigenvalue weighted by molar-refractivity contribution is -0.137. The first-order chi connectivity index (χ1) is 9.97. The summed E-state index contributed by atoms with van der Waals surface area (Å²) in [5.74, 6) is -0.272. The van der Waals surface area contributed by atoms with Crippen molar-refractivity contribution in [2.24, 2.45) is 0 Å². The molecule has 2 N–H and O–H groups in total. The van der Waals surface area contributed by atoms with Crippen LogP contribution in [0.2, 0.25) is 0 Å². The summed E-state index contributed by atoms with van der Waals surface area (Å²) in [5.41, 5.74) is 0.927. The van der Waals surface area contributed by atoms with Crippen LogP contribution >= 0.6 is 0 Å². The second kappa shape index (κ2) is 8.14. The van der Waals surface area contributed by atoms with Gasteiger partial charge in [-0.05, 0) is 31.0 Å². The topological polar surface area (TPSA) is 78.9 Å². The zero-order valence-corrected chi connectivity index (χ0v) is 12.6. The highest BCUT2D eigenvalue weighted by atomic mass is 16.5. The number of carbonyl (C=O) groups is 2. The van der Waals surface area contributed by atoms with Crippen molar-refractivity contribution in [3.63, 3.8) is 0 Å². The first-order valence-corrected chi connectivity index (χ1v) is 6.89. The number of ether oxygens (including phenoxy) is 1. The Kier molecular flexibility index (Phi) is 6.52. The minimum absolute atomic E-state index is 0.212. The molecule has 0 aliphatic carbocycles. The third-order valence-electron chi connectivity index (χ3n) is 3.06. The van der Waals surface area contributed by atoms with Crippen LogP contribution in [0.15, 0.2) is 24.3 Å². The Morgan fingerprint density at radius 2 is 1.95 bits per heavy atom. The van der Waals surface area contributed by atoms with Gasteiger partial charge in [-0.3, -0.25) is 4.79 Å². The molecule has 1 aromatic carbocycles. The molecule has 1 rings (SSSR count). The van der Waals surface area contributed by atoms with Crippen LogP contribution in [-0.4, -0.2) is 42.2 Å². The number of benzene rings is 1. The zero-order valence-electron chi connectivity index (χ0n) is 12.6. The molecule has 0 saturated heterocycles. The number of nitrogens with one attached hydrogen (secondary N) is 1. The van der Waals surface area contributed by atoms with Crippen LogP contribution in [0.25, 0.3) is 0 Å². The average molecular weight is 294 g/mol. The quantitative estimate of drug-likeness (QED) is 0.808. The van der Waals surface area contributed by atoms with Gasteiger partial charge in [-0.2, -0.15) is 0 Å². The van der Waals surface area contributed by atoms with Crippen LogP contribution in [0, 0.1) is 0 Å². The lowest BCUT2D eigenvalue weighted by Crippen LogP contribution is -2.43. The van der Waals surface area contributed by atoms with Crippen molar-refractivity contribution >= 4 is 12.0 Å². The van der Waals surface area contributed by atoms with Gasteiger partial charge in [-0.25, -0.2) is 4.79 Å². The fourth-order valence-corrected chi connectivity index (χ4v) is 1.94. The van der Waals surface area contributed by atoms with Crippen LogP contribution < -0.4 is 10.1 Å². The van der Waals surface area contributed by atoms with Gasteiger partial charge < -0.3 is 20.1 Å². The predicted molar refractivity (Wildman–Crippen MR) is 79.4 cm³/mol. The Bertz CT molecular complexity index is 473. The third-order valence-corrected chi connectivity index (χ3v) is 3.06. The van der Waals surface area contributed by atoms with Gasteiger partial charge in [0, 0.05) is 6.54 Å². The number of aliphatic carboxylic acids is 1. The van der Waals surface area contributed by atoms with Crippen molar-refractivity contribution < 1.29 is 19.4 Å². The number of methoxy groups -OCH3 is 1. The van der Waals surface area contributed by atoms with E-state index in [9.17, 15) is 9.59 Å². The monoisotopic (exact) mass is 294 g/mol. The fraction of sp³-hybridized carbons (Fsp3) is 0.467. The van der Waals surface area contributed by atoms with Gasteiger partial charge in [-0.1, -0.05) is 19.1 Å². The van der Waals surface area contributed by atoms with Gasteiger partial charge in [-0.15, -0.1) is 0 Å². The highest BCUT2D eigenvalue weighted by molar-refractivity contribution is 5.80. The maximum atomic E-state index is 12.1. The molecule has 0 saturated carbocycles. The number of carbonyl (C=O) groups excluding carboxylic acids is 1. The normalized spacial score (nSPS) is 11.6. The Morgan fingerprint density at radius 3 is 2.43 bits per heavy atom. The second-order valence-corrected chi connectivity index (χ2v) is 4.76. The van der Waals surface area contributed by atoms with Crippen molar-refractivity contribution in [2.45, 2.75) is 26.3 Å². The molecule has 6 nitrogen and oxygen atoms in total. The van der Waals surface area contributed by atoms with Crippen LogP contribution in [-0.2, 0) is 4.79 Å². The van der Waals surface area contributed by atoms with Gasteiger partial charge in [0.25, 0.3) is 0 Å². The third kappa shape index (κ3) is 5.33. The summed E-state index contributed by atoms with van der Waals surface area (Å²) in [4.78, 5) is 24.2. The van der Waals surface area contributed by atoms with Crippen LogP contribution in [0.5, 0.6) is 5.75 Å². The first-order valence-electron chi connectivity index (χ1n) is 6.89. The maximum absolute atomic E-state index is 12.1. The molecule has 1 unspecified atom stereocenters.